The Morgan fingerprint density at radius 2 is 1.53 bits per heavy atom. The van der Waals surface area contributed by atoms with Crippen molar-refractivity contribution in [2.45, 2.75) is 26.7 Å². The van der Waals surface area contributed by atoms with Crippen molar-refractivity contribution in [3.05, 3.63) is 17.7 Å². The summed E-state index contributed by atoms with van der Waals surface area (Å²) in [6, 6.07) is 3.99. The van der Waals surface area contributed by atoms with E-state index in [1.54, 1.807) is 21.3 Å². The SMILES string of the molecule is COc1cc(CCC(C)(C)CN)cc(OC)c1OC. The number of aryl methyl sites for hydroxylation is 1. The second kappa shape index (κ2) is 6.66. The lowest BCUT2D eigenvalue weighted by molar-refractivity contribution is 0.322. The summed E-state index contributed by atoms with van der Waals surface area (Å²) in [6.45, 7) is 5.02. The van der Waals surface area contributed by atoms with Gasteiger partial charge < -0.3 is 19.9 Å². The summed E-state index contributed by atoms with van der Waals surface area (Å²) < 4.78 is 16.0. The van der Waals surface area contributed by atoms with Crippen LogP contribution in [0.1, 0.15) is 25.8 Å². The summed E-state index contributed by atoms with van der Waals surface area (Å²) in [5.41, 5.74) is 7.06. The Morgan fingerprint density at radius 3 is 1.89 bits per heavy atom. The molecule has 0 unspecified atom stereocenters. The van der Waals surface area contributed by atoms with Gasteiger partial charge in [0.2, 0.25) is 5.75 Å². The van der Waals surface area contributed by atoms with Gasteiger partial charge in [-0.2, -0.15) is 0 Å². The topological polar surface area (TPSA) is 53.7 Å². The zero-order chi connectivity index (χ0) is 14.5. The van der Waals surface area contributed by atoms with E-state index in [0.717, 1.165) is 18.4 Å². The van der Waals surface area contributed by atoms with Crippen molar-refractivity contribution in [1.29, 1.82) is 0 Å². The van der Waals surface area contributed by atoms with Gasteiger partial charge >= 0.3 is 0 Å². The molecule has 0 spiro atoms. The molecule has 0 amide bonds. The van der Waals surface area contributed by atoms with Crippen LogP contribution in [-0.4, -0.2) is 27.9 Å². The molecular weight excluding hydrogens is 242 g/mol. The third kappa shape index (κ3) is 4.03. The van der Waals surface area contributed by atoms with Crippen molar-refractivity contribution < 1.29 is 14.2 Å². The molecule has 0 aromatic heterocycles. The van der Waals surface area contributed by atoms with Crippen LogP contribution >= 0.6 is 0 Å². The maximum Gasteiger partial charge on any atom is 0.203 e. The highest BCUT2D eigenvalue weighted by molar-refractivity contribution is 5.53. The van der Waals surface area contributed by atoms with E-state index < -0.39 is 0 Å². The lowest BCUT2D eigenvalue weighted by atomic mass is 9.86. The molecule has 108 valence electrons. The van der Waals surface area contributed by atoms with Crippen molar-refractivity contribution >= 4 is 0 Å². The Kier molecular flexibility index (Phi) is 5.48. The van der Waals surface area contributed by atoms with Gasteiger partial charge in [-0.25, -0.2) is 0 Å². The molecule has 0 aliphatic rings. The predicted molar refractivity (Wildman–Crippen MR) is 77.3 cm³/mol. The molecule has 1 rings (SSSR count). The average Bonchev–Trinajstić information content (AvgIpc) is 2.43. The van der Waals surface area contributed by atoms with Crippen LogP contribution in [0.4, 0.5) is 0 Å². The minimum Gasteiger partial charge on any atom is -0.493 e. The zero-order valence-electron chi connectivity index (χ0n) is 12.6. The largest absolute Gasteiger partial charge is 0.493 e. The highest BCUT2D eigenvalue weighted by atomic mass is 16.5. The molecule has 1 aromatic rings. The molecule has 0 saturated heterocycles. The summed E-state index contributed by atoms with van der Waals surface area (Å²) in [6.07, 6.45) is 1.95. The quantitative estimate of drug-likeness (QED) is 0.825. The number of hydrogen-bond donors (Lipinski definition) is 1. The zero-order valence-corrected chi connectivity index (χ0v) is 12.6. The molecule has 2 N–H and O–H groups in total. The third-order valence-electron chi connectivity index (χ3n) is 3.37. The molecular formula is C15H25NO3. The molecule has 0 radical (unpaired) electrons. The fourth-order valence-corrected chi connectivity index (χ4v) is 1.86. The van der Waals surface area contributed by atoms with E-state index in [-0.39, 0.29) is 5.41 Å². The second-order valence-corrected chi connectivity index (χ2v) is 5.40. The summed E-state index contributed by atoms with van der Waals surface area (Å²) in [7, 11) is 4.87. The van der Waals surface area contributed by atoms with Crippen LogP contribution in [-0.2, 0) is 6.42 Å². The van der Waals surface area contributed by atoms with E-state index in [4.69, 9.17) is 19.9 Å². The van der Waals surface area contributed by atoms with E-state index in [1.165, 1.54) is 0 Å². The third-order valence-corrected chi connectivity index (χ3v) is 3.37. The van der Waals surface area contributed by atoms with Crippen molar-refractivity contribution in [3.63, 3.8) is 0 Å². The molecule has 0 saturated carbocycles. The summed E-state index contributed by atoms with van der Waals surface area (Å²) in [5, 5.41) is 0. The highest BCUT2D eigenvalue weighted by Crippen LogP contribution is 2.38. The number of benzene rings is 1. The van der Waals surface area contributed by atoms with E-state index in [1.807, 2.05) is 12.1 Å². The average molecular weight is 267 g/mol. The Labute approximate surface area is 115 Å². The molecule has 0 fully saturated rings. The van der Waals surface area contributed by atoms with Gasteiger partial charge in [0.1, 0.15) is 0 Å². The fraction of sp³-hybridized carbons (Fsp3) is 0.600. The maximum atomic E-state index is 5.76. The molecule has 19 heavy (non-hydrogen) atoms. The van der Waals surface area contributed by atoms with Crippen LogP contribution in [0, 0.1) is 5.41 Å². The van der Waals surface area contributed by atoms with E-state index in [9.17, 15) is 0 Å². The predicted octanol–water partition coefficient (Wildman–Crippen LogP) is 2.63. The molecule has 4 heteroatoms. The Morgan fingerprint density at radius 1 is 1.00 bits per heavy atom. The first-order valence-corrected chi connectivity index (χ1v) is 6.46. The van der Waals surface area contributed by atoms with E-state index in [2.05, 4.69) is 13.8 Å². The van der Waals surface area contributed by atoms with Crippen molar-refractivity contribution in [3.8, 4) is 17.2 Å². The number of rotatable bonds is 7. The lowest BCUT2D eigenvalue weighted by Crippen LogP contribution is -2.24. The standard InChI is InChI=1S/C15H25NO3/c1-15(2,10-16)7-6-11-8-12(17-3)14(19-5)13(9-11)18-4/h8-9H,6-7,10,16H2,1-5H3. The second-order valence-electron chi connectivity index (χ2n) is 5.40. The number of hydrogen-bond acceptors (Lipinski definition) is 4. The molecule has 0 aliphatic carbocycles. The van der Waals surface area contributed by atoms with Crippen LogP contribution in [0.5, 0.6) is 17.2 Å². The smallest absolute Gasteiger partial charge is 0.203 e. The van der Waals surface area contributed by atoms with Gasteiger partial charge in [0.25, 0.3) is 0 Å². The van der Waals surface area contributed by atoms with E-state index in [0.29, 0.717) is 23.8 Å². The minimum absolute atomic E-state index is 0.139. The molecule has 0 bridgehead atoms. The fourth-order valence-electron chi connectivity index (χ4n) is 1.86. The summed E-state index contributed by atoms with van der Waals surface area (Å²) in [5.74, 6) is 2.02. The molecule has 1 aromatic carbocycles. The molecule has 0 aliphatic heterocycles. The van der Waals surface area contributed by atoms with E-state index >= 15 is 0 Å². The van der Waals surface area contributed by atoms with Crippen LogP contribution in [0.2, 0.25) is 0 Å². The number of nitrogens with two attached hydrogens (primary N) is 1. The summed E-state index contributed by atoms with van der Waals surface area (Å²) in [4.78, 5) is 0. The van der Waals surface area contributed by atoms with Crippen molar-refractivity contribution in [1.82, 2.24) is 0 Å². The van der Waals surface area contributed by atoms with Gasteiger partial charge in [-0.05, 0) is 42.5 Å². The van der Waals surface area contributed by atoms with Gasteiger partial charge in [0.15, 0.2) is 11.5 Å². The normalized spacial score (nSPS) is 11.3. The first kappa shape index (κ1) is 15.6. The Balaban J connectivity index is 2.97. The van der Waals surface area contributed by atoms with Gasteiger partial charge in [-0.15, -0.1) is 0 Å². The lowest BCUT2D eigenvalue weighted by Gasteiger charge is -2.22. The Hall–Kier alpha value is -1.42. The van der Waals surface area contributed by atoms with Gasteiger partial charge in [-0.3, -0.25) is 0 Å². The number of methoxy groups -OCH3 is 3. The Bertz CT molecular complexity index is 391. The van der Waals surface area contributed by atoms with Crippen LogP contribution in [0.15, 0.2) is 12.1 Å². The van der Waals surface area contributed by atoms with Crippen molar-refractivity contribution in [2.24, 2.45) is 11.1 Å². The number of ether oxygens (including phenoxy) is 3. The first-order valence-electron chi connectivity index (χ1n) is 6.46. The minimum atomic E-state index is 0.139. The molecule has 0 heterocycles. The van der Waals surface area contributed by atoms with Gasteiger partial charge in [-0.1, -0.05) is 13.8 Å². The molecule has 0 atom stereocenters. The monoisotopic (exact) mass is 267 g/mol. The van der Waals surface area contributed by atoms with Crippen LogP contribution < -0.4 is 19.9 Å². The summed E-state index contributed by atoms with van der Waals surface area (Å²) >= 11 is 0. The molecule has 4 nitrogen and oxygen atoms in total. The highest BCUT2D eigenvalue weighted by Gasteiger charge is 2.17. The van der Waals surface area contributed by atoms with Gasteiger partial charge in [0, 0.05) is 0 Å². The van der Waals surface area contributed by atoms with Crippen LogP contribution in [0.25, 0.3) is 0 Å². The maximum absolute atomic E-state index is 5.76. The van der Waals surface area contributed by atoms with Gasteiger partial charge in [0.05, 0.1) is 21.3 Å². The first-order chi connectivity index (χ1) is 8.97. The van der Waals surface area contributed by atoms with Crippen LogP contribution in [0.3, 0.4) is 0 Å². The van der Waals surface area contributed by atoms with Crippen molar-refractivity contribution in [2.75, 3.05) is 27.9 Å².